The average molecular weight is 576 g/mol. The second-order valence-electron chi connectivity index (χ2n) is 9.20. The van der Waals surface area contributed by atoms with E-state index >= 15 is 0 Å². The van der Waals surface area contributed by atoms with E-state index in [1.165, 1.54) is 74.7 Å². The number of hydrogen-bond donors (Lipinski definition) is 0. The third kappa shape index (κ3) is 3.39. The largest absolute Gasteiger partial charge is 0.0616 e. The van der Waals surface area contributed by atoms with Gasteiger partial charge in [0.05, 0.1) is 0 Å². The van der Waals surface area contributed by atoms with Crippen LogP contribution >= 0.6 is 31.9 Å². The zero-order valence-corrected chi connectivity index (χ0v) is 22.0. The molecule has 6 aromatic rings. The fraction of sp³-hybridized carbons (Fsp3) is 0.0303. The molecule has 0 aliphatic heterocycles. The second kappa shape index (κ2) is 8.19. The first-order chi connectivity index (χ1) is 17.2. The van der Waals surface area contributed by atoms with Crippen molar-refractivity contribution >= 4 is 68.7 Å². The van der Waals surface area contributed by atoms with Gasteiger partial charge in [0, 0.05) is 15.4 Å². The van der Waals surface area contributed by atoms with Crippen LogP contribution in [0.2, 0.25) is 0 Å². The van der Waals surface area contributed by atoms with Crippen LogP contribution in [-0.4, -0.2) is 0 Å². The summed E-state index contributed by atoms with van der Waals surface area (Å²) in [7, 11) is 0. The van der Waals surface area contributed by atoms with Crippen molar-refractivity contribution in [1.82, 2.24) is 0 Å². The van der Waals surface area contributed by atoms with Crippen molar-refractivity contribution in [3.63, 3.8) is 0 Å². The van der Waals surface area contributed by atoms with Crippen LogP contribution < -0.4 is 0 Å². The summed E-state index contributed by atoms with van der Waals surface area (Å²) in [6.45, 7) is 0. The molecule has 166 valence electrons. The number of halogens is 2. The van der Waals surface area contributed by atoms with E-state index in [0.29, 0.717) is 0 Å². The quantitative estimate of drug-likeness (QED) is 0.180. The molecular weight excluding hydrogens is 556 g/mol. The summed E-state index contributed by atoms with van der Waals surface area (Å²) < 4.78 is 2.38. The van der Waals surface area contributed by atoms with Crippen molar-refractivity contribution in [2.45, 2.75) is 6.42 Å². The summed E-state index contributed by atoms with van der Waals surface area (Å²) in [5.74, 6) is 0. The van der Waals surface area contributed by atoms with Crippen molar-refractivity contribution in [3.8, 4) is 22.3 Å². The lowest BCUT2D eigenvalue weighted by Crippen LogP contribution is -1.87. The van der Waals surface area contributed by atoms with E-state index in [0.717, 1.165) is 6.42 Å². The van der Waals surface area contributed by atoms with Crippen LogP contribution in [0.15, 0.2) is 114 Å². The van der Waals surface area contributed by atoms with E-state index in [1.807, 2.05) is 0 Å². The minimum atomic E-state index is 0.954. The van der Waals surface area contributed by atoms with E-state index in [-0.39, 0.29) is 0 Å². The Bertz CT molecular complexity index is 1810. The van der Waals surface area contributed by atoms with Gasteiger partial charge >= 0.3 is 0 Å². The topological polar surface area (TPSA) is 0 Å². The van der Waals surface area contributed by atoms with Gasteiger partial charge in [0.15, 0.2) is 0 Å². The maximum atomic E-state index is 3.75. The van der Waals surface area contributed by atoms with Crippen LogP contribution in [0.4, 0.5) is 0 Å². The molecule has 0 amide bonds. The molecule has 0 unspecified atom stereocenters. The Morgan fingerprint density at radius 3 is 1.60 bits per heavy atom. The lowest BCUT2D eigenvalue weighted by Gasteiger charge is -2.13. The molecule has 0 atom stereocenters. The van der Waals surface area contributed by atoms with Crippen LogP contribution in [0.25, 0.3) is 59.1 Å². The lowest BCUT2D eigenvalue weighted by molar-refractivity contribution is 1.30. The monoisotopic (exact) mass is 574 g/mol. The molecule has 7 rings (SSSR count). The third-order valence-corrected chi connectivity index (χ3v) is 9.32. The number of allylic oxidation sites excluding steroid dienone is 1. The molecule has 0 fully saturated rings. The Morgan fingerprint density at radius 2 is 0.943 bits per heavy atom. The minimum Gasteiger partial charge on any atom is -0.0616 e. The smallest absolute Gasteiger partial charge is 0.0355 e. The van der Waals surface area contributed by atoms with Crippen molar-refractivity contribution in [2.75, 3.05) is 0 Å². The number of fused-ring (bicyclic) bond motifs is 7. The molecule has 6 aromatic carbocycles. The number of benzene rings is 6. The summed E-state index contributed by atoms with van der Waals surface area (Å²) in [5, 5.41) is 7.85. The highest BCUT2D eigenvalue weighted by atomic mass is 79.9. The van der Waals surface area contributed by atoms with E-state index in [4.69, 9.17) is 0 Å². The first-order valence-electron chi connectivity index (χ1n) is 11.8. The number of hydrogen-bond acceptors (Lipinski definition) is 0. The highest BCUT2D eigenvalue weighted by Gasteiger charge is 2.18. The Labute approximate surface area is 221 Å². The molecule has 2 heteroatoms. The van der Waals surface area contributed by atoms with E-state index in [9.17, 15) is 0 Å². The predicted octanol–water partition coefficient (Wildman–Crippen LogP) is 10.5. The van der Waals surface area contributed by atoms with Gasteiger partial charge in [-0.15, -0.1) is 0 Å². The van der Waals surface area contributed by atoms with Crippen LogP contribution in [0.3, 0.4) is 0 Å². The van der Waals surface area contributed by atoms with Crippen LogP contribution in [0.5, 0.6) is 0 Å². The SMILES string of the molecule is BrC1=C(Br)c2cc(-c3cccc(-c4ccc5c6ccccc6c6ccccc6c5c4)c3)ccc2C1. The molecule has 0 nitrogen and oxygen atoms in total. The van der Waals surface area contributed by atoms with Gasteiger partial charge in [-0.2, -0.15) is 0 Å². The molecule has 0 radical (unpaired) electrons. The highest BCUT2D eigenvalue weighted by Crippen LogP contribution is 2.42. The van der Waals surface area contributed by atoms with Crippen LogP contribution in [-0.2, 0) is 6.42 Å². The van der Waals surface area contributed by atoms with Gasteiger partial charge in [-0.05, 0) is 99.8 Å². The van der Waals surface area contributed by atoms with Crippen molar-refractivity contribution < 1.29 is 0 Å². The fourth-order valence-corrected chi connectivity index (χ4v) is 6.50. The Morgan fingerprint density at radius 1 is 0.429 bits per heavy atom. The molecule has 0 bridgehead atoms. The molecule has 35 heavy (non-hydrogen) atoms. The minimum absolute atomic E-state index is 0.954. The van der Waals surface area contributed by atoms with Crippen LogP contribution in [0.1, 0.15) is 11.1 Å². The van der Waals surface area contributed by atoms with Gasteiger partial charge < -0.3 is 0 Å². The van der Waals surface area contributed by atoms with Crippen molar-refractivity contribution in [3.05, 3.63) is 125 Å². The first-order valence-corrected chi connectivity index (χ1v) is 13.4. The normalized spacial score (nSPS) is 13.2. The van der Waals surface area contributed by atoms with Gasteiger partial charge in [0.2, 0.25) is 0 Å². The fourth-order valence-electron chi connectivity index (χ4n) is 5.47. The molecule has 0 heterocycles. The van der Waals surface area contributed by atoms with E-state index < -0.39 is 0 Å². The maximum Gasteiger partial charge on any atom is 0.0355 e. The Kier molecular flexibility index (Phi) is 4.94. The standard InChI is InChI=1S/C33H20Br2/c34-32-19-24-13-12-22(17-30(24)33(32)35)20-6-5-7-21(16-20)23-14-15-29-27-10-2-1-8-25(27)26-9-3-4-11-28(26)31(29)18-23/h1-18H,19H2. The van der Waals surface area contributed by atoms with E-state index in [1.54, 1.807) is 0 Å². The summed E-state index contributed by atoms with van der Waals surface area (Å²) in [5.41, 5.74) is 7.59. The summed E-state index contributed by atoms with van der Waals surface area (Å²) in [6.07, 6.45) is 0.954. The molecule has 0 saturated carbocycles. The summed E-state index contributed by atoms with van der Waals surface area (Å²) >= 11 is 7.44. The molecular formula is C33H20Br2. The zero-order valence-electron chi connectivity index (χ0n) is 18.9. The maximum absolute atomic E-state index is 3.75. The average Bonchev–Trinajstić information content (AvgIpc) is 3.21. The number of rotatable bonds is 2. The third-order valence-electron chi connectivity index (χ3n) is 7.20. The Hall–Kier alpha value is -3.20. The highest BCUT2D eigenvalue weighted by molar-refractivity contribution is 9.16. The molecule has 1 aliphatic carbocycles. The predicted molar refractivity (Wildman–Crippen MR) is 158 cm³/mol. The van der Waals surface area contributed by atoms with Gasteiger partial charge in [0.25, 0.3) is 0 Å². The molecule has 1 aliphatic rings. The molecule has 0 spiro atoms. The second-order valence-corrected chi connectivity index (χ2v) is 11.0. The van der Waals surface area contributed by atoms with E-state index in [2.05, 4.69) is 141 Å². The summed E-state index contributed by atoms with van der Waals surface area (Å²) in [6, 6.07) is 40.1. The van der Waals surface area contributed by atoms with Gasteiger partial charge in [-0.1, -0.05) is 107 Å². The zero-order chi connectivity index (χ0) is 23.5. The lowest BCUT2D eigenvalue weighted by atomic mass is 9.91. The van der Waals surface area contributed by atoms with Crippen molar-refractivity contribution in [2.24, 2.45) is 0 Å². The van der Waals surface area contributed by atoms with Crippen molar-refractivity contribution in [1.29, 1.82) is 0 Å². The van der Waals surface area contributed by atoms with Gasteiger partial charge in [0.1, 0.15) is 0 Å². The van der Waals surface area contributed by atoms with Gasteiger partial charge in [-0.3, -0.25) is 0 Å². The Balaban J connectivity index is 1.40. The molecule has 0 saturated heterocycles. The first kappa shape index (κ1) is 21.1. The molecule has 0 aromatic heterocycles. The summed E-state index contributed by atoms with van der Waals surface area (Å²) in [4.78, 5) is 0. The van der Waals surface area contributed by atoms with Gasteiger partial charge in [-0.25, -0.2) is 0 Å². The molecule has 0 N–H and O–H groups in total. The van der Waals surface area contributed by atoms with Crippen LogP contribution in [0, 0.1) is 0 Å².